The van der Waals surface area contributed by atoms with Crippen LogP contribution in [0.3, 0.4) is 0 Å². The molecule has 1 aliphatic rings. The molecular weight excluding hydrogens is 290 g/mol. The van der Waals surface area contributed by atoms with E-state index < -0.39 is 21.2 Å². The Morgan fingerprint density at radius 2 is 1.95 bits per heavy atom. The minimum absolute atomic E-state index is 0.146. The molecule has 0 spiro atoms. The van der Waals surface area contributed by atoms with Crippen molar-refractivity contribution in [2.24, 2.45) is 5.41 Å². The molecule has 6 heteroatoms. The van der Waals surface area contributed by atoms with E-state index in [0.717, 1.165) is 5.69 Å². The van der Waals surface area contributed by atoms with Crippen LogP contribution in [0.25, 0.3) is 0 Å². The topological polar surface area (TPSA) is 74.7 Å². The summed E-state index contributed by atoms with van der Waals surface area (Å²) in [6.45, 7) is 4.70. The first-order valence-corrected chi connectivity index (χ1v) is 8.75. The van der Waals surface area contributed by atoms with Gasteiger partial charge in [-0.3, -0.25) is 4.79 Å². The Morgan fingerprint density at radius 3 is 2.43 bits per heavy atom. The number of benzene rings is 1. The first-order valence-electron chi connectivity index (χ1n) is 7.10. The van der Waals surface area contributed by atoms with E-state index in [9.17, 15) is 18.3 Å². The van der Waals surface area contributed by atoms with Crippen LogP contribution in [0.15, 0.2) is 29.2 Å². The molecule has 5 nitrogen and oxygen atoms in total. The van der Waals surface area contributed by atoms with Crippen molar-refractivity contribution in [3.8, 4) is 0 Å². The molecule has 0 amide bonds. The highest BCUT2D eigenvalue weighted by molar-refractivity contribution is 7.91. The van der Waals surface area contributed by atoms with E-state index in [4.69, 9.17) is 0 Å². The van der Waals surface area contributed by atoms with E-state index in [2.05, 4.69) is 0 Å². The number of carbonyl (C=O) groups is 1. The average Bonchev–Trinajstić information content (AvgIpc) is 2.83. The number of carboxylic acids is 1. The summed E-state index contributed by atoms with van der Waals surface area (Å²) in [7, 11) is -3.20. The third-order valence-electron chi connectivity index (χ3n) is 4.02. The van der Waals surface area contributed by atoms with Crippen molar-refractivity contribution in [2.75, 3.05) is 23.7 Å². The van der Waals surface area contributed by atoms with Gasteiger partial charge in [-0.2, -0.15) is 0 Å². The molecule has 0 aromatic heterocycles. The molecule has 21 heavy (non-hydrogen) atoms. The quantitative estimate of drug-likeness (QED) is 0.902. The molecule has 1 aromatic rings. The van der Waals surface area contributed by atoms with Crippen molar-refractivity contribution in [3.05, 3.63) is 24.3 Å². The van der Waals surface area contributed by atoms with Crippen LogP contribution in [-0.4, -0.2) is 38.3 Å². The van der Waals surface area contributed by atoms with E-state index in [-0.39, 0.29) is 5.75 Å². The highest BCUT2D eigenvalue weighted by atomic mass is 32.2. The largest absolute Gasteiger partial charge is 0.481 e. The lowest BCUT2D eigenvalue weighted by Crippen LogP contribution is -2.31. The lowest BCUT2D eigenvalue weighted by atomic mass is 9.90. The van der Waals surface area contributed by atoms with Crippen LogP contribution in [0.1, 0.15) is 26.7 Å². The zero-order valence-electron chi connectivity index (χ0n) is 12.4. The van der Waals surface area contributed by atoms with Gasteiger partial charge in [-0.1, -0.05) is 6.92 Å². The van der Waals surface area contributed by atoms with Gasteiger partial charge in [0.1, 0.15) is 0 Å². The first-order chi connectivity index (χ1) is 9.78. The van der Waals surface area contributed by atoms with Crippen molar-refractivity contribution in [1.82, 2.24) is 0 Å². The number of sulfone groups is 1. The van der Waals surface area contributed by atoms with Gasteiger partial charge in [0.05, 0.1) is 16.1 Å². The Hall–Kier alpha value is -1.56. The fraction of sp³-hybridized carbons (Fsp3) is 0.533. The van der Waals surface area contributed by atoms with Gasteiger partial charge in [-0.25, -0.2) is 8.42 Å². The van der Waals surface area contributed by atoms with Crippen LogP contribution >= 0.6 is 0 Å². The predicted octanol–water partition coefficient (Wildman–Crippen LogP) is 2.17. The predicted molar refractivity (Wildman–Crippen MR) is 81.4 cm³/mol. The molecule has 116 valence electrons. The van der Waals surface area contributed by atoms with Crippen LogP contribution in [0, 0.1) is 5.41 Å². The standard InChI is InChI=1S/C15H21NO4S/c1-3-10-21(19,20)13-6-4-12(5-7-13)16-9-8-15(2,11-16)14(17)18/h4-7H,3,8-11H2,1-2H3,(H,17,18). The van der Waals surface area contributed by atoms with Gasteiger partial charge in [0, 0.05) is 18.8 Å². The average molecular weight is 311 g/mol. The summed E-state index contributed by atoms with van der Waals surface area (Å²) in [6, 6.07) is 6.74. The van der Waals surface area contributed by atoms with Crippen LogP contribution in [0.5, 0.6) is 0 Å². The summed E-state index contributed by atoms with van der Waals surface area (Å²) >= 11 is 0. The summed E-state index contributed by atoms with van der Waals surface area (Å²) in [6.07, 6.45) is 1.19. The molecule has 1 atom stereocenters. The zero-order valence-corrected chi connectivity index (χ0v) is 13.2. The Balaban J connectivity index is 2.16. The van der Waals surface area contributed by atoms with E-state index in [1.165, 1.54) is 0 Å². The number of hydrogen-bond donors (Lipinski definition) is 1. The van der Waals surface area contributed by atoms with Gasteiger partial charge in [0.15, 0.2) is 9.84 Å². The van der Waals surface area contributed by atoms with Gasteiger partial charge >= 0.3 is 5.97 Å². The molecule has 0 aliphatic carbocycles. The van der Waals surface area contributed by atoms with Gasteiger partial charge in [0.2, 0.25) is 0 Å². The summed E-state index contributed by atoms with van der Waals surface area (Å²) < 4.78 is 23.9. The molecule has 1 heterocycles. The SMILES string of the molecule is CCCS(=O)(=O)c1ccc(N2CCC(C)(C(=O)O)C2)cc1. The molecule has 1 aromatic carbocycles. The zero-order chi connectivity index (χ0) is 15.7. The maximum absolute atomic E-state index is 12.0. The minimum Gasteiger partial charge on any atom is -0.481 e. The molecule has 2 rings (SSSR count). The third-order valence-corrected chi connectivity index (χ3v) is 5.96. The molecule has 1 N–H and O–H groups in total. The Bertz CT molecular complexity index is 624. The monoisotopic (exact) mass is 311 g/mol. The number of nitrogens with zero attached hydrogens (tertiary/aromatic N) is 1. The fourth-order valence-electron chi connectivity index (χ4n) is 2.61. The molecule has 1 saturated heterocycles. The molecule has 1 fully saturated rings. The fourth-order valence-corrected chi connectivity index (χ4v) is 3.93. The maximum Gasteiger partial charge on any atom is 0.311 e. The van der Waals surface area contributed by atoms with Gasteiger partial charge in [-0.15, -0.1) is 0 Å². The van der Waals surface area contributed by atoms with Crippen LogP contribution in [0.2, 0.25) is 0 Å². The number of hydrogen-bond acceptors (Lipinski definition) is 4. The van der Waals surface area contributed by atoms with Crippen molar-refractivity contribution >= 4 is 21.5 Å². The number of aliphatic carboxylic acids is 1. The summed E-state index contributed by atoms with van der Waals surface area (Å²) in [5, 5.41) is 9.24. The van der Waals surface area contributed by atoms with Crippen molar-refractivity contribution in [3.63, 3.8) is 0 Å². The van der Waals surface area contributed by atoms with Crippen molar-refractivity contribution < 1.29 is 18.3 Å². The lowest BCUT2D eigenvalue weighted by Gasteiger charge is -2.22. The van der Waals surface area contributed by atoms with Gasteiger partial charge in [-0.05, 0) is 44.0 Å². The second-order valence-corrected chi connectivity index (χ2v) is 7.96. The number of rotatable bonds is 5. The van der Waals surface area contributed by atoms with Gasteiger partial charge in [0.25, 0.3) is 0 Å². The summed E-state index contributed by atoms with van der Waals surface area (Å²) in [5.41, 5.74) is 0.142. The summed E-state index contributed by atoms with van der Waals surface area (Å²) in [5.74, 6) is -0.639. The van der Waals surface area contributed by atoms with Crippen LogP contribution in [0.4, 0.5) is 5.69 Å². The molecule has 1 aliphatic heterocycles. The normalized spacial score (nSPS) is 22.5. The van der Waals surface area contributed by atoms with E-state index in [0.29, 0.717) is 30.8 Å². The van der Waals surface area contributed by atoms with E-state index in [1.54, 1.807) is 31.2 Å². The van der Waals surface area contributed by atoms with Crippen LogP contribution in [-0.2, 0) is 14.6 Å². The highest BCUT2D eigenvalue weighted by Gasteiger charge is 2.40. The highest BCUT2D eigenvalue weighted by Crippen LogP contribution is 2.33. The smallest absolute Gasteiger partial charge is 0.311 e. The Morgan fingerprint density at radius 1 is 1.33 bits per heavy atom. The number of carboxylic acid groups (broad SMARTS) is 1. The lowest BCUT2D eigenvalue weighted by molar-refractivity contribution is -0.146. The molecule has 0 saturated carbocycles. The van der Waals surface area contributed by atoms with E-state index in [1.807, 2.05) is 11.8 Å². The van der Waals surface area contributed by atoms with Crippen molar-refractivity contribution in [1.29, 1.82) is 0 Å². The Labute approximate surface area is 125 Å². The second kappa shape index (κ2) is 5.67. The maximum atomic E-state index is 12.0. The second-order valence-electron chi connectivity index (χ2n) is 5.85. The van der Waals surface area contributed by atoms with Gasteiger partial charge < -0.3 is 10.0 Å². The molecule has 1 unspecified atom stereocenters. The van der Waals surface area contributed by atoms with Crippen molar-refractivity contribution in [2.45, 2.75) is 31.6 Å². The molecule has 0 bridgehead atoms. The minimum atomic E-state index is -3.20. The molecule has 0 radical (unpaired) electrons. The van der Waals surface area contributed by atoms with E-state index >= 15 is 0 Å². The molecular formula is C15H21NO4S. The Kier molecular flexibility index (Phi) is 4.27. The van der Waals surface area contributed by atoms with Crippen LogP contribution < -0.4 is 4.90 Å². The summed E-state index contributed by atoms with van der Waals surface area (Å²) in [4.78, 5) is 13.6. The third kappa shape index (κ3) is 3.20. The number of anilines is 1. The first kappa shape index (κ1) is 15.8.